The van der Waals surface area contributed by atoms with Gasteiger partial charge in [0, 0.05) is 16.3 Å². The molecule has 4 rings (SSSR count). The summed E-state index contributed by atoms with van der Waals surface area (Å²) in [6, 6.07) is 12.9. The molecule has 1 saturated heterocycles. The molecule has 3 N–H and O–H groups in total. The standard InChI is InChI=1S/C39H48Cl4N4O4/c1-5-6-7-8-9-10-11-12-13-14-15-34(51-33-19-17-27(48)23-28(33)39(2,3)4)38(50)44-26-16-18-29(41)32(22-26)45-35-24-36(49)47(46-35)37-30(42)20-25(40)21-31(37)43/h16-23,34,48H,5-15,24H2,1-4H3,(H,44,50)(H,45,46). The van der Waals surface area contributed by atoms with E-state index in [-0.39, 0.29) is 45.1 Å². The van der Waals surface area contributed by atoms with Crippen molar-refractivity contribution in [3.63, 3.8) is 0 Å². The Kier molecular flexibility index (Phi) is 15.2. The second-order valence-electron chi connectivity index (χ2n) is 14.0. The van der Waals surface area contributed by atoms with E-state index in [4.69, 9.17) is 51.1 Å². The van der Waals surface area contributed by atoms with E-state index in [1.54, 1.807) is 36.4 Å². The number of nitrogens with zero attached hydrogens (tertiary/aromatic N) is 2. The Balaban J connectivity index is 1.47. The van der Waals surface area contributed by atoms with E-state index in [9.17, 15) is 14.7 Å². The molecule has 1 unspecified atom stereocenters. The number of benzene rings is 3. The molecule has 0 aromatic heterocycles. The molecule has 1 aliphatic rings. The van der Waals surface area contributed by atoms with Crippen molar-refractivity contribution < 1.29 is 19.4 Å². The lowest BCUT2D eigenvalue weighted by atomic mass is 9.86. The Bertz CT molecular complexity index is 1690. The monoisotopic (exact) mass is 776 g/mol. The van der Waals surface area contributed by atoms with Gasteiger partial charge in [-0.1, -0.05) is 132 Å². The van der Waals surface area contributed by atoms with Crippen LogP contribution >= 0.6 is 46.4 Å². The van der Waals surface area contributed by atoms with Crippen molar-refractivity contribution in [2.24, 2.45) is 4.99 Å². The molecule has 3 aromatic carbocycles. The highest BCUT2D eigenvalue weighted by atomic mass is 35.5. The molecule has 0 aliphatic carbocycles. The van der Waals surface area contributed by atoms with Gasteiger partial charge in [-0.3, -0.25) is 15.0 Å². The van der Waals surface area contributed by atoms with Crippen LogP contribution in [0.5, 0.6) is 11.5 Å². The van der Waals surface area contributed by atoms with E-state index >= 15 is 0 Å². The number of nitrogens with one attached hydrogen (secondary N) is 2. The number of carbonyl (C=O) groups excluding carboxylic acids is 2. The van der Waals surface area contributed by atoms with Gasteiger partial charge in [0.25, 0.3) is 11.8 Å². The number of amidine groups is 1. The number of phenolic OH excluding ortho intramolecular Hbond substituents is 1. The van der Waals surface area contributed by atoms with Crippen LogP contribution < -0.4 is 20.5 Å². The molecule has 3 aromatic rings. The van der Waals surface area contributed by atoms with Crippen molar-refractivity contribution >= 4 is 81.1 Å². The second kappa shape index (κ2) is 19.1. The van der Waals surface area contributed by atoms with Gasteiger partial charge in [0.2, 0.25) is 0 Å². The van der Waals surface area contributed by atoms with E-state index in [1.807, 2.05) is 20.8 Å². The van der Waals surface area contributed by atoms with E-state index in [2.05, 4.69) is 22.7 Å². The van der Waals surface area contributed by atoms with E-state index in [1.165, 1.54) is 62.1 Å². The minimum absolute atomic E-state index is 0.0558. The molecule has 51 heavy (non-hydrogen) atoms. The molecule has 1 fully saturated rings. The molecule has 2 amide bonds. The van der Waals surface area contributed by atoms with E-state index < -0.39 is 6.10 Å². The highest BCUT2D eigenvalue weighted by molar-refractivity contribution is 6.42. The Morgan fingerprint density at radius 1 is 0.902 bits per heavy atom. The van der Waals surface area contributed by atoms with Crippen LogP contribution in [0.4, 0.5) is 17.1 Å². The van der Waals surface area contributed by atoms with Crippen LogP contribution in [-0.4, -0.2) is 28.9 Å². The van der Waals surface area contributed by atoms with E-state index in [0.29, 0.717) is 39.4 Å². The lowest BCUT2D eigenvalue weighted by Gasteiger charge is -2.26. The largest absolute Gasteiger partial charge is 0.508 e. The van der Waals surface area contributed by atoms with Crippen molar-refractivity contribution in [2.75, 3.05) is 10.3 Å². The summed E-state index contributed by atoms with van der Waals surface area (Å²) >= 11 is 25.3. The number of anilines is 2. The van der Waals surface area contributed by atoms with Crippen molar-refractivity contribution in [3.05, 3.63) is 74.2 Å². The molecule has 0 saturated carbocycles. The first-order chi connectivity index (χ1) is 24.3. The zero-order valence-corrected chi connectivity index (χ0v) is 32.8. The third kappa shape index (κ3) is 11.9. The normalized spacial score (nSPS) is 14.5. The molecule has 0 radical (unpaired) electrons. The summed E-state index contributed by atoms with van der Waals surface area (Å²) in [5.74, 6) is 0.373. The first kappa shape index (κ1) is 40.6. The fraction of sp³-hybridized carbons (Fsp3) is 0.462. The molecule has 1 atom stereocenters. The first-order valence-electron chi connectivity index (χ1n) is 17.7. The van der Waals surface area contributed by atoms with Crippen LogP contribution in [0.1, 0.15) is 110 Å². The van der Waals surface area contributed by atoms with Crippen LogP contribution in [0.2, 0.25) is 20.1 Å². The lowest BCUT2D eigenvalue weighted by molar-refractivity contribution is -0.123. The van der Waals surface area contributed by atoms with Gasteiger partial charge in [-0.25, -0.2) is 10.0 Å². The molecular weight excluding hydrogens is 730 g/mol. The molecule has 12 heteroatoms. The van der Waals surface area contributed by atoms with Crippen LogP contribution in [0.15, 0.2) is 53.5 Å². The number of rotatable bonds is 17. The third-order valence-electron chi connectivity index (χ3n) is 8.64. The minimum Gasteiger partial charge on any atom is -0.508 e. The summed E-state index contributed by atoms with van der Waals surface area (Å²) in [6.07, 6.45) is 11.5. The van der Waals surface area contributed by atoms with Crippen LogP contribution in [0.3, 0.4) is 0 Å². The molecular formula is C39H48Cl4N4O4. The van der Waals surface area contributed by atoms with Crippen molar-refractivity contribution in [2.45, 2.75) is 116 Å². The van der Waals surface area contributed by atoms with Gasteiger partial charge >= 0.3 is 0 Å². The summed E-state index contributed by atoms with van der Waals surface area (Å²) in [6.45, 7) is 8.34. The molecule has 0 spiro atoms. The van der Waals surface area contributed by atoms with Crippen LogP contribution in [-0.2, 0) is 15.0 Å². The number of aliphatic imine (C=N–C) groups is 1. The number of aromatic hydroxyl groups is 1. The topological polar surface area (TPSA) is 103 Å². The molecule has 0 bridgehead atoms. The molecule has 1 heterocycles. The number of phenols is 1. The Labute approximate surface area is 321 Å². The summed E-state index contributed by atoms with van der Waals surface area (Å²) < 4.78 is 6.44. The summed E-state index contributed by atoms with van der Waals surface area (Å²) in [7, 11) is 0. The fourth-order valence-electron chi connectivity index (χ4n) is 5.91. The number of unbranched alkanes of at least 4 members (excludes halogenated alkanes) is 9. The predicted octanol–water partition coefficient (Wildman–Crippen LogP) is 12.0. The van der Waals surface area contributed by atoms with Gasteiger partial charge in [-0.05, 0) is 66.8 Å². The Morgan fingerprint density at radius 2 is 1.53 bits per heavy atom. The minimum atomic E-state index is -0.785. The summed E-state index contributed by atoms with van der Waals surface area (Å²) in [5.41, 5.74) is 4.51. The number of hydrazine groups is 1. The number of ether oxygens (including phenoxy) is 1. The van der Waals surface area contributed by atoms with Gasteiger partial charge in [0.1, 0.15) is 23.0 Å². The van der Waals surface area contributed by atoms with Gasteiger partial charge in [-0.2, -0.15) is 0 Å². The summed E-state index contributed by atoms with van der Waals surface area (Å²) in [5, 5.41) is 15.5. The maximum atomic E-state index is 13.9. The molecule has 8 nitrogen and oxygen atoms in total. The highest BCUT2D eigenvalue weighted by Crippen LogP contribution is 2.38. The van der Waals surface area contributed by atoms with Gasteiger partial charge in [0.15, 0.2) is 6.10 Å². The number of amides is 2. The highest BCUT2D eigenvalue weighted by Gasteiger charge is 2.31. The van der Waals surface area contributed by atoms with Gasteiger partial charge in [-0.15, -0.1) is 0 Å². The van der Waals surface area contributed by atoms with Gasteiger partial charge < -0.3 is 15.2 Å². The maximum absolute atomic E-state index is 13.9. The van der Waals surface area contributed by atoms with Crippen LogP contribution in [0.25, 0.3) is 0 Å². The summed E-state index contributed by atoms with van der Waals surface area (Å²) in [4.78, 5) is 31.4. The van der Waals surface area contributed by atoms with Crippen molar-refractivity contribution in [3.8, 4) is 11.5 Å². The quantitative estimate of drug-likeness (QED) is 0.118. The number of carbonyl (C=O) groups is 2. The second-order valence-corrected chi connectivity index (χ2v) is 15.6. The molecule has 276 valence electrons. The van der Waals surface area contributed by atoms with Gasteiger partial charge in [0.05, 0.1) is 27.2 Å². The first-order valence-corrected chi connectivity index (χ1v) is 19.2. The zero-order valence-electron chi connectivity index (χ0n) is 29.8. The maximum Gasteiger partial charge on any atom is 0.265 e. The van der Waals surface area contributed by atoms with E-state index in [0.717, 1.165) is 24.8 Å². The van der Waals surface area contributed by atoms with Crippen LogP contribution in [0, 0.1) is 0 Å². The number of hydrogen-bond donors (Lipinski definition) is 3. The zero-order chi connectivity index (χ0) is 37.1. The van der Waals surface area contributed by atoms with Crippen molar-refractivity contribution in [1.29, 1.82) is 0 Å². The average molecular weight is 779 g/mol. The Hall–Kier alpha value is -3.17. The smallest absolute Gasteiger partial charge is 0.265 e. The molecule has 1 aliphatic heterocycles. The lowest BCUT2D eigenvalue weighted by Crippen LogP contribution is -2.36. The van der Waals surface area contributed by atoms with Crippen molar-refractivity contribution in [1.82, 2.24) is 5.43 Å². The Morgan fingerprint density at radius 3 is 2.16 bits per heavy atom. The number of halogens is 4. The third-order valence-corrected chi connectivity index (χ3v) is 9.75. The predicted molar refractivity (Wildman–Crippen MR) is 212 cm³/mol. The fourth-order valence-corrected chi connectivity index (χ4v) is 7.06. The average Bonchev–Trinajstić information content (AvgIpc) is 3.41. The SMILES string of the molecule is CCCCCCCCCCCCC(Oc1ccc(O)cc1C(C)(C)C)C(=O)Nc1ccc(Cl)c(N=C2CC(=O)N(c3c(Cl)cc(Cl)cc3Cl)N2)c1. The number of hydrogen-bond acceptors (Lipinski definition) is 5.